The first-order valence-corrected chi connectivity index (χ1v) is 9.40. The lowest BCUT2D eigenvalue weighted by Gasteiger charge is -2.46. The summed E-state index contributed by atoms with van der Waals surface area (Å²) in [5, 5.41) is 3.21. The number of hydrogen-bond acceptors (Lipinski definition) is 3. The Kier molecular flexibility index (Phi) is 5.52. The van der Waals surface area contributed by atoms with Gasteiger partial charge in [0.1, 0.15) is 5.75 Å². The number of likely N-dealkylation sites (tertiary alicyclic amines) is 2. The molecule has 2 amide bonds. The van der Waals surface area contributed by atoms with Crippen molar-refractivity contribution in [3.8, 4) is 5.75 Å². The molecule has 1 aromatic carbocycles. The summed E-state index contributed by atoms with van der Waals surface area (Å²) in [5.74, 6) is 1.44. The maximum atomic E-state index is 13.0. The molecule has 2 aliphatic rings. The van der Waals surface area contributed by atoms with E-state index in [1.165, 1.54) is 12.0 Å². The SMILES string of the molecule is COc1ccc(C)cc1C(C)NC(=O)N1CCCC2CN(C)CCC21. The minimum atomic E-state index is -0.0750. The normalized spacial score (nSPS) is 25.2. The molecule has 138 valence electrons. The predicted octanol–water partition coefficient (Wildman–Crippen LogP) is 3.19. The molecule has 1 N–H and O–H groups in total. The van der Waals surface area contributed by atoms with E-state index in [4.69, 9.17) is 4.74 Å². The Morgan fingerprint density at radius 2 is 2.12 bits per heavy atom. The highest BCUT2D eigenvalue weighted by molar-refractivity contribution is 5.75. The van der Waals surface area contributed by atoms with Crippen LogP contribution in [0.1, 0.15) is 43.4 Å². The molecule has 0 aliphatic carbocycles. The van der Waals surface area contributed by atoms with Gasteiger partial charge in [-0.1, -0.05) is 17.7 Å². The summed E-state index contributed by atoms with van der Waals surface area (Å²) < 4.78 is 5.48. The van der Waals surface area contributed by atoms with Gasteiger partial charge in [-0.2, -0.15) is 0 Å². The van der Waals surface area contributed by atoms with Crippen LogP contribution in [0.2, 0.25) is 0 Å². The number of carbonyl (C=O) groups is 1. The van der Waals surface area contributed by atoms with Gasteiger partial charge in [-0.05, 0) is 58.7 Å². The monoisotopic (exact) mass is 345 g/mol. The fourth-order valence-corrected chi connectivity index (χ4v) is 4.38. The van der Waals surface area contributed by atoms with Crippen LogP contribution in [0.25, 0.3) is 0 Å². The van der Waals surface area contributed by atoms with E-state index < -0.39 is 0 Å². The van der Waals surface area contributed by atoms with E-state index >= 15 is 0 Å². The fourth-order valence-electron chi connectivity index (χ4n) is 4.38. The molecule has 5 nitrogen and oxygen atoms in total. The van der Waals surface area contributed by atoms with Crippen molar-refractivity contribution in [1.82, 2.24) is 15.1 Å². The van der Waals surface area contributed by atoms with E-state index in [1.807, 2.05) is 19.1 Å². The molecule has 2 saturated heterocycles. The Morgan fingerprint density at radius 1 is 1.32 bits per heavy atom. The van der Waals surface area contributed by atoms with Crippen LogP contribution in [0.5, 0.6) is 5.75 Å². The Morgan fingerprint density at radius 3 is 2.88 bits per heavy atom. The Labute approximate surface area is 151 Å². The number of carbonyl (C=O) groups excluding carboxylic acids is 1. The molecule has 3 unspecified atom stereocenters. The number of ether oxygens (including phenoxy) is 1. The average molecular weight is 345 g/mol. The number of nitrogens with zero attached hydrogens (tertiary/aromatic N) is 2. The van der Waals surface area contributed by atoms with Gasteiger partial charge < -0.3 is 19.9 Å². The second kappa shape index (κ2) is 7.65. The average Bonchev–Trinajstić information content (AvgIpc) is 2.60. The highest BCUT2D eigenvalue weighted by Crippen LogP contribution is 2.31. The zero-order valence-corrected chi connectivity index (χ0v) is 15.9. The summed E-state index contributed by atoms with van der Waals surface area (Å²) in [6.07, 6.45) is 3.42. The van der Waals surface area contributed by atoms with Crippen LogP contribution >= 0.6 is 0 Å². The van der Waals surface area contributed by atoms with Crippen molar-refractivity contribution in [3.05, 3.63) is 29.3 Å². The maximum absolute atomic E-state index is 13.0. The molecular formula is C20H31N3O2. The third-order valence-corrected chi connectivity index (χ3v) is 5.72. The molecule has 2 fully saturated rings. The van der Waals surface area contributed by atoms with Gasteiger partial charge in [0.05, 0.1) is 13.2 Å². The van der Waals surface area contributed by atoms with Gasteiger partial charge in [0.25, 0.3) is 0 Å². The Balaban J connectivity index is 1.70. The highest BCUT2D eigenvalue weighted by Gasteiger charge is 2.37. The third kappa shape index (κ3) is 3.92. The number of nitrogens with one attached hydrogen (secondary N) is 1. The van der Waals surface area contributed by atoms with Crippen LogP contribution < -0.4 is 10.1 Å². The predicted molar refractivity (Wildman–Crippen MR) is 100 cm³/mol. The smallest absolute Gasteiger partial charge is 0.318 e. The van der Waals surface area contributed by atoms with Crippen LogP contribution in [0, 0.1) is 12.8 Å². The molecule has 2 aliphatic heterocycles. The van der Waals surface area contributed by atoms with Crippen molar-refractivity contribution in [2.45, 2.75) is 45.2 Å². The van der Waals surface area contributed by atoms with Gasteiger partial charge in [0.15, 0.2) is 0 Å². The summed E-state index contributed by atoms with van der Waals surface area (Å²) in [6, 6.07) is 6.48. The van der Waals surface area contributed by atoms with Gasteiger partial charge in [-0.15, -0.1) is 0 Å². The zero-order chi connectivity index (χ0) is 18.0. The van der Waals surface area contributed by atoms with Gasteiger partial charge in [-0.25, -0.2) is 4.79 Å². The minimum absolute atomic E-state index is 0.0651. The van der Waals surface area contributed by atoms with Crippen molar-refractivity contribution in [1.29, 1.82) is 0 Å². The van der Waals surface area contributed by atoms with Gasteiger partial charge in [0.2, 0.25) is 0 Å². The standard InChI is InChI=1S/C20H31N3O2/c1-14-7-8-19(25-4)17(12-14)15(2)21-20(24)23-10-5-6-16-13-22(3)11-9-18(16)23/h7-8,12,15-16,18H,5-6,9-11,13H2,1-4H3,(H,21,24). The van der Waals surface area contributed by atoms with Crippen LogP contribution in [-0.2, 0) is 0 Å². The number of benzene rings is 1. The van der Waals surface area contributed by atoms with E-state index in [0.29, 0.717) is 12.0 Å². The number of hydrogen-bond donors (Lipinski definition) is 1. The lowest BCUT2D eigenvalue weighted by molar-refractivity contribution is 0.0525. The van der Waals surface area contributed by atoms with Crippen LogP contribution in [0.15, 0.2) is 18.2 Å². The maximum Gasteiger partial charge on any atom is 0.318 e. The van der Waals surface area contributed by atoms with Crippen molar-refractivity contribution in [2.24, 2.45) is 5.92 Å². The number of rotatable bonds is 3. The summed E-state index contributed by atoms with van der Waals surface area (Å²) in [4.78, 5) is 17.4. The van der Waals surface area contributed by atoms with Crippen molar-refractivity contribution in [3.63, 3.8) is 0 Å². The first-order valence-electron chi connectivity index (χ1n) is 9.40. The van der Waals surface area contributed by atoms with Crippen molar-refractivity contribution < 1.29 is 9.53 Å². The topological polar surface area (TPSA) is 44.8 Å². The molecule has 3 rings (SSSR count). The summed E-state index contributed by atoms with van der Waals surface area (Å²) >= 11 is 0. The molecule has 1 aromatic rings. The largest absolute Gasteiger partial charge is 0.496 e. The van der Waals surface area contributed by atoms with Crippen molar-refractivity contribution >= 4 is 6.03 Å². The summed E-state index contributed by atoms with van der Waals surface area (Å²) in [5.41, 5.74) is 2.21. The molecule has 0 saturated carbocycles. The number of urea groups is 1. The Bertz CT molecular complexity index is 619. The number of piperidine rings is 2. The molecule has 0 radical (unpaired) electrons. The lowest BCUT2D eigenvalue weighted by Crippen LogP contribution is -2.57. The molecule has 2 heterocycles. The van der Waals surface area contributed by atoms with Gasteiger partial charge in [0, 0.05) is 24.7 Å². The molecule has 0 aromatic heterocycles. The lowest BCUT2D eigenvalue weighted by atomic mass is 9.84. The van der Waals surface area contributed by atoms with Gasteiger partial charge in [-0.3, -0.25) is 0 Å². The molecule has 3 atom stereocenters. The zero-order valence-electron chi connectivity index (χ0n) is 15.9. The molecule has 0 spiro atoms. The molecule has 0 bridgehead atoms. The number of fused-ring (bicyclic) bond motifs is 1. The summed E-state index contributed by atoms with van der Waals surface area (Å²) in [7, 11) is 3.86. The minimum Gasteiger partial charge on any atom is -0.496 e. The number of aryl methyl sites for hydroxylation is 1. The number of amides is 2. The molecule has 25 heavy (non-hydrogen) atoms. The fraction of sp³-hybridized carbons (Fsp3) is 0.650. The van der Waals surface area contributed by atoms with E-state index in [-0.39, 0.29) is 12.1 Å². The first kappa shape index (κ1) is 18.1. The van der Waals surface area contributed by atoms with E-state index in [0.717, 1.165) is 43.8 Å². The number of methoxy groups -OCH3 is 1. The van der Waals surface area contributed by atoms with Crippen LogP contribution in [0.4, 0.5) is 4.79 Å². The van der Waals surface area contributed by atoms with E-state index in [2.05, 4.69) is 35.2 Å². The van der Waals surface area contributed by atoms with E-state index in [9.17, 15) is 4.79 Å². The molecule has 5 heteroatoms. The van der Waals surface area contributed by atoms with Crippen molar-refractivity contribution in [2.75, 3.05) is 33.8 Å². The summed E-state index contributed by atoms with van der Waals surface area (Å²) in [6.45, 7) is 7.15. The second-order valence-corrected chi connectivity index (χ2v) is 7.63. The van der Waals surface area contributed by atoms with Crippen LogP contribution in [-0.4, -0.2) is 55.7 Å². The van der Waals surface area contributed by atoms with Crippen LogP contribution in [0.3, 0.4) is 0 Å². The second-order valence-electron chi connectivity index (χ2n) is 7.63. The molecular weight excluding hydrogens is 314 g/mol. The Hall–Kier alpha value is -1.75. The van der Waals surface area contributed by atoms with Gasteiger partial charge >= 0.3 is 6.03 Å². The quantitative estimate of drug-likeness (QED) is 0.915. The highest BCUT2D eigenvalue weighted by atomic mass is 16.5. The van der Waals surface area contributed by atoms with E-state index in [1.54, 1.807) is 7.11 Å². The first-order chi connectivity index (χ1) is 12.0. The third-order valence-electron chi connectivity index (χ3n) is 5.72.